The summed E-state index contributed by atoms with van der Waals surface area (Å²) in [6.45, 7) is 5.04. The summed E-state index contributed by atoms with van der Waals surface area (Å²) in [6.07, 6.45) is 5.01. The Balaban J connectivity index is 0.963. The summed E-state index contributed by atoms with van der Waals surface area (Å²) >= 11 is 0. The highest BCUT2D eigenvalue weighted by molar-refractivity contribution is 6.04. The number of allylic oxidation sites excluding steroid dienone is 1. The molecule has 3 aliphatic carbocycles. The molecule has 0 unspecified atom stereocenters. The number of aliphatic hydroxyl groups is 1. The summed E-state index contributed by atoms with van der Waals surface area (Å²) in [5.41, 5.74) is 0.253. The number of ether oxygens (including phenoxy) is 2. The van der Waals surface area contributed by atoms with Crippen LogP contribution in [0.4, 0.5) is 27.2 Å². The fourth-order valence-corrected chi connectivity index (χ4v) is 11.2. The van der Waals surface area contributed by atoms with Gasteiger partial charge in [-0.05, 0) is 97.6 Å². The van der Waals surface area contributed by atoms with Gasteiger partial charge in [0.2, 0.25) is 11.8 Å². The number of likely N-dealkylation sites (tertiary alicyclic amines) is 2. The van der Waals surface area contributed by atoms with Gasteiger partial charge in [-0.15, -0.1) is 0 Å². The molecule has 9 rings (SSSR count). The first-order chi connectivity index (χ1) is 30.4. The van der Waals surface area contributed by atoms with Gasteiger partial charge in [0.15, 0.2) is 0 Å². The molecule has 6 aliphatic rings. The van der Waals surface area contributed by atoms with Crippen LogP contribution >= 0.6 is 0 Å². The van der Waals surface area contributed by atoms with E-state index in [0.717, 1.165) is 51.3 Å². The topological polar surface area (TPSA) is 179 Å². The van der Waals surface area contributed by atoms with Gasteiger partial charge in [-0.3, -0.25) is 14.6 Å². The summed E-state index contributed by atoms with van der Waals surface area (Å²) in [6, 6.07) is 4.96. The van der Waals surface area contributed by atoms with E-state index in [1.54, 1.807) is 21.9 Å². The molecule has 4 fully saturated rings. The molecule has 0 radical (unpaired) electrons. The van der Waals surface area contributed by atoms with Gasteiger partial charge >= 0.3 is 24.0 Å². The lowest BCUT2D eigenvalue weighted by Gasteiger charge is -2.38. The number of aromatic nitrogens is 2. The highest BCUT2D eigenvalue weighted by Gasteiger charge is 2.63. The molecule has 4 amide bonds. The Kier molecular flexibility index (Phi) is 10.9. The van der Waals surface area contributed by atoms with Crippen LogP contribution in [0.5, 0.6) is 0 Å². The average molecular weight is 890 g/mol. The van der Waals surface area contributed by atoms with Crippen molar-refractivity contribution < 1.29 is 51.3 Å². The normalized spacial score (nSPS) is 27.0. The van der Waals surface area contributed by atoms with Crippen molar-refractivity contribution >= 4 is 35.3 Å². The zero-order chi connectivity index (χ0) is 45.6. The third-order valence-electron chi connectivity index (χ3n) is 14.3. The second-order valence-electron chi connectivity index (χ2n) is 18.3. The molecule has 340 valence electrons. The van der Waals surface area contributed by atoms with E-state index >= 15 is 17.6 Å². The molecule has 64 heavy (non-hydrogen) atoms. The summed E-state index contributed by atoms with van der Waals surface area (Å²) in [5.74, 6) is -9.63. The Labute approximate surface area is 366 Å². The van der Waals surface area contributed by atoms with E-state index < -0.39 is 71.3 Å². The number of nitrogens with zero attached hydrogens (tertiary/aromatic N) is 4. The van der Waals surface area contributed by atoms with E-state index in [1.807, 2.05) is 13.8 Å². The van der Waals surface area contributed by atoms with Crippen LogP contribution in [0, 0.1) is 17.8 Å². The molecule has 3 aromatic rings. The number of carbonyl (C=O) groups excluding carboxylic acids is 4. The fraction of sp³-hybridized carbons (Fsp3) is 0.522. The second-order valence-corrected chi connectivity index (χ2v) is 18.3. The summed E-state index contributed by atoms with van der Waals surface area (Å²) in [7, 11) is 2.38. The number of alkyl carbamates (subject to hydrolysis) is 2. The van der Waals surface area contributed by atoms with Gasteiger partial charge in [-0.1, -0.05) is 38.1 Å². The molecule has 4 N–H and O–H groups in total. The van der Waals surface area contributed by atoms with Crippen molar-refractivity contribution in [1.82, 2.24) is 30.4 Å². The standard InChI is InChI=1S/C46H51F4N7O7/c1-21(2)36(54-43(61)63-4)41(59)57-29-11-7-26(15-29)39(57)40-52-20-35(53-40)24-9-13-31-30-12-8-23(16-32(30)45(47,48)46(49,50)33(31)17-24)27-18-34(51-19-27)38-25-6-10-28(14-25)56(38)42(60)37(22(3)58)55-44(62)64-5/h8-9,12-13,16-17,19-22,25-26,28-29,36-39,58H,6-7,10-11,14-15,18H2,1-5H3,(H,52,53)(H,54,61)(H,55,62)/t22-,25+,26+,28-,29-,36+,37+,38+,39+/m1/s1. The molecule has 2 saturated heterocycles. The van der Waals surface area contributed by atoms with Crippen LogP contribution in [-0.4, -0.2) is 105 Å². The Bertz CT molecular complexity index is 2470. The fourth-order valence-electron chi connectivity index (χ4n) is 11.2. The molecule has 1 aromatic heterocycles. The third-order valence-corrected chi connectivity index (χ3v) is 14.3. The lowest BCUT2D eigenvalue weighted by atomic mass is 9.78. The maximum absolute atomic E-state index is 16.3. The number of aliphatic hydroxyl groups excluding tert-OH is 1. The van der Waals surface area contributed by atoms with E-state index in [2.05, 4.69) is 30.3 Å². The number of methoxy groups -OCH3 is 2. The number of alkyl halides is 4. The lowest BCUT2D eigenvalue weighted by molar-refractivity contribution is -0.225. The van der Waals surface area contributed by atoms with Gasteiger partial charge in [0, 0.05) is 47.1 Å². The number of amides is 4. The summed E-state index contributed by atoms with van der Waals surface area (Å²) in [5, 5.41) is 15.5. The van der Waals surface area contributed by atoms with Crippen molar-refractivity contribution in [3.8, 4) is 22.4 Å². The molecular weight excluding hydrogens is 839 g/mol. The first-order valence-corrected chi connectivity index (χ1v) is 21.8. The molecule has 2 aromatic carbocycles. The summed E-state index contributed by atoms with van der Waals surface area (Å²) in [4.78, 5) is 67.9. The summed E-state index contributed by atoms with van der Waals surface area (Å²) < 4.78 is 74.7. The first kappa shape index (κ1) is 43.5. The molecule has 0 spiro atoms. The van der Waals surface area contributed by atoms with Crippen molar-refractivity contribution in [1.29, 1.82) is 0 Å². The number of piperidine rings is 2. The predicted molar refractivity (Wildman–Crippen MR) is 225 cm³/mol. The molecule has 14 nitrogen and oxygen atoms in total. The molecule has 2 saturated carbocycles. The van der Waals surface area contributed by atoms with Gasteiger partial charge < -0.3 is 40.0 Å². The zero-order valence-corrected chi connectivity index (χ0v) is 36.0. The van der Waals surface area contributed by atoms with Gasteiger partial charge in [0.25, 0.3) is 0 Å². The SMILES string of the molecule is COC(=O)N[C@H](C(=O)N1[C@@H]2CC[C@@H](C2)[C@H]1c1ncc(-c2ccc3c(c2)C(F)(F)C(F)(F)c2cc(C4=CN=C([C@@H]5[C@H]6CC[C@H](C6)N5C(=O)[C@@H](NC(=O)OC)[C@@H](C)O)C4)ccc2-3)[nH]1)C(C)C. The van der Waals surface area contributed by atoms with Crippen LogP contribution in [0.15, 0.2) is 53.8 Å². The maximum atomic E-state index is 16.3. The van der Waals surface area contributed by atoms with Crippen molar-refractivity contribution in [3.63, 3.8) is 0 Å². The molecule has 4 bridgehead atoms. The van der Waals surface area contributed by atoms with Crippen molar-refractivity contribution in [2.75, 3.05) is 14.2 Å². The third kappa shape index (κ3) is 6.94. The number of benzene rings is 2. The molecule has 4 heterocycles. The van der Waals surface area contributed by atoms with E-state index in [9.17, 15) is 24.3 Å². The number of fused-ring (bicyclic) bond motifs is 7. The largest absolute Gasteiger partial charge is 0.453 e. The number of halogens is 4. The van der Waals surface area contributed by atoms with Crippen LogP contribution in [-0.2, 0) is 30.9 Å². The Morgan fingerprint density at radius 2 is 1.31 bits per heavy atom. The van der Waals surface area contributed by atoms with Crippen molar-refractivity contribution in [2.24, 2.45) is 22.7 Å². The highest BCUT2D eigenvalue weighted by atomic mass is 19.3. The van der Waals surface area contributed by atoms with Crippen LogP contribution < -0.4 is 10.6 Å². The number of aliphatic imine (C=N–C) groups is 1. The lowest BCUT2D eigenvalue weighted by Crippen LogP contribution is -2.59. The number of H-pyrrole nitrogens is 1. The molecule has 3 aliphatic heterocycles. The number of hydrogen-bond donors (Lipinski definition) is 4. The van der Waals surface area contributed by atoms with Crippen molar-refractivity contribution in [2.45, 2.75) is 120 Å². The minimum atomic E-state index is -4.60. The van der Waals surface area contributed by atoms with E-state index in [4.69, 9.17) is 4.74 Å². The average Bonchev–Trinajstić information content (AvgIpc) is 4.15. The molecular formula is C46H51F4N7O7. The molecule has 18 heteroatoms. The highest BCUT2D eigenvalue weighted by Crippen LogP contribution is 2.59. The minimum absolute atomic E-state index is 0.0326. The zero-order valence-electron chi connectivity index (χ0n) is 36.0. The monoisotopic (exact) mass is 889 g/mol. The maximum Gasteiger partial charge on any atom is 0.407 e. The predicted octanol–water partition coefficient (Wildman–Crippen LogP) is 7.04. The Hall–Kier alpha value is -5.78. The van der Waals surface area contributed by atoms with E-state index in [0.29, 0.717) is 34.8 Å². The number of hydrogen-bond acceptors (Lipinski definition) is 9. The number of rotatable bonds is 10. The van der Waals surface area contributed by atoms with Gasteiger partial charge in [-0.2, -0.15) is 17.6 Å². The quantitative estimate of drug-likeness (QED) is 0.157. The van der Waals surface area contributed by atoms with Crippen LogP contribution in [0.1, 0.15) is 94.3 Å². The van der Waals surface area contributed by atoms with Crippen molar-refractivity contribution in [3.05, 3.63) is 71.3 Å². The number of carbonyl (C=O) groups is 4. The Morgan fingerprint density at radius 1 is 0.781 bits per heavy atom. The first-order valence-electron chi connectivity index (χ1n) is 21.8. The van der Waals surface area contributed by atoms with E-state index in [-0.39, 0.29) is 58.9 Å². The number of nitrogens with one attached hydrogen (secondary N) is 3. The molecule has 9 atom stereocenters. The van der Waals surface area contributed by atoms with Gasteiger partial charge in [0.1, 0.15) is 17.9 Å². The number of aromatic amines is 1. The van der Waals surface area contributed by atoms with Crippen LogP contribution in [0.25, 0.3) is 28.0 Å². The second kappa shape index (κ2) is 16.0. The van der Waals surface area contributed by atoms with Gasteiger partial charge in [-0.25, -0.2) is 14.6 Å². The number of imidazole rings is 1. The smallest absolute Gasteiger partial charge is 0.407 e. The van der Waals surface area contributed by atoms with E-state index in [1.165, 1.54) is 38.6 Å². The van der Waals surface area contributed by atoms with Crippen LogP contribution in [0.3, 0.4) is 0 Å². The Morgan fingerprint density at radius 3 is 1.89 bits per heavy atom. The minimum Gasteiger partial charge on any atom is -0.453 e. The van der Waals surface area contributed by atoms with Crippen LogP contribution in [0.2, 0.25) is 0 Å². The van der Waals surface area contributed by atoms with Gasteiger partial charge in [0.05, 0.1) is 44.3 Å².